The standard InChI is InChI=1S/C18H20N2O4/c1-3-11-19-18(22)20-14-5-4-6-16(12-14)24-17(21)10-9-15-8-7-13(2)23-15/h4-10,12H,3,11H2,1-2H3,(H2,19,20,22)/b10-9+. The lowest BCUT2D eigenvalue weighted by molar-refractivity contribution is -0.128. The van der Waals surface area contributed by atoms with Crippen LogP contribution >= 0.6 is 0 Å². The molecule has 2 aromatic rings. The molecule has 0 aliphatic heterocycles. The number of urea groups is 1. The van der Waals surface area contributed by atoms with Crippen LogP contribution < -0.4 is 15.4 Å². The summed E-state index contributed by atoms with van der Waals surface area (Å²) in [4.78, 5) is 23.4. The van der Waals surface area contributed by atoms with Crippen LogP contribution in [0.25, 0.3) is 6.08 Å². The van der Waals surface area contributed by atoms with E-state index in [-0.39, 0.29) is 6.03 Å². The van der Waals surface area contributed by atoms with Crippen molar-refractivity contribution in [3.05, 3.63) is 54.0 Å². The van der Waals surface area contributed by atoms with Crippen molar-refractivity contribution >= 4 is 23.8 Å². The van der Waals surface area contributed by atoms with Crippen molar-refractivity contribution in [2.45, 2.75) is 20.3 Å². The molecule has 0 saturated heterocycles. The van der Waals surface area contributed by atoms with Gasteiger partial charge >= 0.3 is 12.0 Å². The fraction of sp³-hybridized carbons (Fsp3) is 0.222. The molecule has 1 aromatic carbocycles. The highest BCUT2D eigenvalue weighted by Crippen LogP contribution is 2.18. The summed E-state index contributed by atoms with van der Waals surface area (Å²) in [5.41, 5.74) is 0.541. The lowest BCUT2D eigenvalue weighted by Crippen LogP contribution is -2.29. The van der Waals surface area contributed by atoms with Gasteiger partial charge in [0.15, 0.2) is 0 Å². The minimum absolute atomic E-state index is 0.298. The van der Waals surface area contributed by atoms with Gasteiger partial charge in [-0.2, -0.15) is 0 Å². The molecule has 126 valence electrons. The van der Waals surface area contributed by atoms with E-state index in [0.29, 0.717) is 23.7 Å². The highest BCUT2D eigenvalue weighted by atomic mass is 16.5. The number of furan rings is 1. The van der Waals surface area contributed by atoms with Crippen LogP contribution in [0.15, 0.2) is 46.9 Å². The van der Waals surface area contributed by atoms with E-state index >= 15 is 0 Å². The number of anilines is 1. The second-order valence-corrected chi connectivity index (χ2v) is 5.11. The number of nitrogens with one attached hydrogen (secondary N) is 2. The van der Waals surface area contributed by atoms with E-state index < -0.39 is 5.97 Å². The van der Waals surface area contributed by atoms with Crippen LogP contribution in [-0.2, 0) is 4.79 Å². The van der Waals surface area contributed by atoms with E-state index in [1.54, 1.807) is 30.3 Å². The third kappa shape index (κ3) is 5.64. The average Bonchev–Trinajstić information content (AvgIpc) is 2.97. The largest absolute Gasteiger partial charge is 0.462 e. The Labute approximate surface area is 140 Å². The zero-order valence-electron chi connectivity index (χ0n) is 13.7. The van der Waals surface area contributed by atoms with Gasteiger partial charge in [-0.15, -0.1) is 0 Å². The minimum atomic E-state index is -0.531. The van der Waals surface area contributed by atoms with Crippen molar-refractivity contribution in [1.29, 1.82) is 0 Å². The van der Waals surface area contributed by atoms with Gasteiger partial charge in [-0.25, -0.2) is 9.59 Å². The van der Waals surface area contributed by atoms with Gasteiger partial charge in [-0.1, -0.05) is 13.0 Å². The Morgan fingerprint density at radius 1 is 1.25 bits per heavy atom. The van der Waals surface area contributed by atoms with Crippen LogP contribution in [0, 0.1) is 6.92 Å². The predicted molar refractivity (Wildman–Crippen MR) is 91.9 cm³/mol. The maximum atomic E-state index is 11.8. The van der Waals surface area contributed by atoms with Crippen molar-refractivity contribution in [3.63, 3.8) is 0 Å². The summed E-state index contributed by atoms with van der Waals surface area (Å²) in [6.45, 7) is 4.39. The lowest BCUT2D eigenvalue weighted by atomic mass is 10.3. The van der Waals surface area contributed by atoms with Crippen molar-refractivity contribution in [1.82, 2.24) is 5.32 Å². The monoisotopic (exact) mass is 328 g/mol. The second kappa shape index (κ2) is 8.57. The summed E-state index contributed by atoms with van der Waals surface area (Å²) in [5.74, 6) is 1.15. The first-order chi connectivity index (χ1) is 11.6. The van der Waals surface area contributed by atoms with Crippen LogP contribution in [0.5, 0.6) is 5.75 Å². The molecule has 6 nitrogen and oxygen atoms in total. The van der Waals surface area contributed by atoms with Gasteiger partial charge in [0.05, 0.1) is 0 Å². The van der Waals surface area contributed by atoms with Gasteiger partial charge in [-0.3, -0.25) is 0 Å². The van der Waals surface area contributed by atoms with Crippen LogP contribution in [-0.4, -0.2) is 18.5 Å². The zero-order chi connectivity index (χ0) is 17.4. The zero-order valence-corrected chi connectivity index (χ0v) is 13.7. The van der Waals surface area contributed by atoms with Crippen molar-refractivity contribution in [2.24, 2.45) is 0 Å². The van der Waals surface area contributed by atoms with Crippen LogP contribution in [0.1, 0.15) is 24.9 Å². The van der Waals surface area contributed by atoms with E-state index in [0.717, 1.165) is 12.2 Å². The molecule has 0 fully saturated rings. The molecule has 0 unspecified atom stereocenters. The van der Waals surface area contributed by atoms with E-state index in [2.05, 4.69) is 10.6 Å². The normalized spacial score (nSPS) is 10.6. The van der Waals surface area contributed by atoms with E-state index in [1.807, 2.05) is 19.9 Å². The number of aryl methyl sites for hydroxylation is 1. The van der Waals surface area contributed by atoms with Gasteiger partial charge in [0.25, 0.3) is 0 Å². The summed E-state index contributed by atoms with van der Waals surface area (Å²) in [6.07, 6.45) is 3.68. The van der Waals surface area contributed by atoms with E-state index in [1.165, 1.54) is 12.2 Å². The van der Waals surface area contributed by atoms with Gasteiger partial charge in [0, 0.05) is 24.4 Å². The second-order valence-electron chi connectivity index (χ2n) is 5.11. The maximum Gasteiger partial charge on any atom is 0.336 e. The molecule has 0 atom stereocenters. The Bertz CT molecular complexity index is 734. The molecule has 1 aromatic heterocycles. The molecule has 0 saturated carbocycles. The van der Waals surface area contributed by atoms with Crippen LogP contribution in [0.4, 0.5) is 10.5 Å². The summed E-state index contributed by atoms with van der Waals surface area (Å²) in [7, 11) is 0. The minimum Gasteiger partial charge on any atom is -0.462 e. The van der Waals surface area contributed by atoms with Gasteiger partial charge in [0.1, 0.15) is 17.3 Å². The first-order valence-electron chi connectivity index (χ1n) is 7.68. The van der Waals surface area contributed by atoms with Crippen molar-refractivity contribution in [2.75, 3.05) is 11.9 Å². The summed E-state index contributed by atoms with van der Waals surface area (Å²) >= 11 is 0. The molecule has 0 bridgehead atoms. The number of ether oxygens (including phenoxy) is 1. The average molecular weight is 328 g/mol. The molecule has 2 rings (SSSR count). The third-order valence-electron chi connectivity index (χ3n) is 2.99. The maximum absolute atomic E-state index is 11.8. The van der Waals surface area contributed by atoms with Crippen LogP contribution in [0.3, 0.4) is 0 Å². The number of esters is 1. The Hall–Kier alpha value is -3.02. The molecular weight excluding hydrogens is 308 g/mol. The number of carbonyl (C=O) groups excluding carboxylic acids is 2. The Kier molecular flexibility index (Phi) is 6.19. The quantitative estimate of drug-likeness (QED) is 0.481. The fourth-order valence-electron chi connectivity index (χ4n) is 1.89. The number of hydrogen-bond acceptors (Lipinski definition) is 4. The Morgan fingerprint density at radius 3 is 2.79 bits per heavy atom. The van der Waals surface area contributed by atoms with Gasteiger partial charge in [0.2, 0.25) is 0 Å². The molecule has 24 heavy (non-hydrogen) atoms. The summed E-state index contributed by atoms with van der Waals surface area (Å²) in [6, 6.07) is 9.89. The highest BCUT2D eigenvalue weighted by Gasteiger charge is 2.05. The molecule has 2 N–H and O–H groups in total. The number of carbonyl (C=O) groups is 2. The van der Waals surface area contributed by atoms with Crippen molar-refractivity contribution in [3.8, 4) is 5.75 Å². The Morgan fingerprint density at radius 2 is 2.08 bits per heavy atom. The molecule has 1 heterocycles. The molecule has 0 spiro atoms. The van der Waals surface area contributed by atoms with Crippen LogP contribution in [0.2, 0.25) is 0 Å². The van der Waals surface area contributed by atoms with Gasteiger partial charge in [-0.05, 0) is 43.7 Å². The highest BCUT2D eigenvalue weighted by molar-refractivity contribution is 5.90. The topological polar surface area (TPSA) is 80.6 Å². The molecular formula is C18H20N2O4. The SMILES string of the molecule is CCCNC(=O)Nc1cccc(OC(=O)/C=C/c2ccc(C)o2)c1. The summed E-state index contributed by atoms with van der Waals surface area (Å²) < 4.78 is 10.5. The first kappa shape index (κ1) is 17.3. The molecule has 0 aliphatic carbocycles. The predicted octanol–water partition coefficient (Wildman–Crippen LogP) is 3.74. The number of rotatable bonds is 6. The lowest BCUT2D eigenvalue weighted by Gasteiger charge is -2.08. The van der Waals surface area contributed by atoms with E-state index in [9.17, 15) is 9.59 Å². The van der Waals surface area contributed by atoms with Gasteiger partial charge < -0.3 is 19.8 Å². The fourth-order valence-corrected chi connectivity index (χ4v) is 1.89. The van der Waals surface area contributed by atoms with Crippen molar-refractivity contribution < 1.29 is 18.7 Å². The summed E-state index contributed by atoms with van der Waals surface area (Å²) in [5, 5.41) is 5.38. The molecule has 0 aliphatic rings. The number of benzene rings is 1. The molecule has 2 amide bonds. The molecule has 0 radical (unpaired) electrons. The number of hydrogen-bond donors (Lipinski definition) is 2. The third-order valence-corrected chi connectivity index (χ3v) is 2.99. The Balaban J connectivity index is 1.92. The number of amides is 2. The smallest absolute Gasteiger partial charge is 0.336 e. The van der Waals surface area contributed by atoms with E-state index in [4.69, 9.17) is 9.15 Å². The molecule has 6 heteroatoms. The first-order valence-corrected chi connectivity index (χ1v) is 7.68.